The van der Waals surface area contributed by atoms with Gasteiger partial charge in [-0.05, 0) is 74.3 Å². The quantitative estimate of drug-likeness (QED) is 0.613. The summed E-state index contributed by atoms with van der Waals surface area (Å²) in [6.45, 7) is 5.99. The average molecular weight is 433 g/mol. The van der Waals surface area contributed by atoms with Gasteiger partial charge in [-0.1, -0.05) is 6.07 Å². The molecule has 2 fully saturated rings. The predicted octanol–water partition coefficient (Wildman–Crippen LogP) is 4.37. The Kier molecular flexibility index (Phi) is 4.85. The van der Waals surface area contributed by atoms with Crippen molar-refractivity contribution in [3.63, 3.8) is 0 Å². The van der Waals surface area contributed by atoms with Gasteiger partial charge in [0.15, 0.2) is 5.82 Å². The molecule has 7 heteroatoms. The van der Waals surface area contributed by atoms with Crippen molar-refractivity contribution in [3.05, 3.63) is 59.9 Å². The van der Waals surface area contributed by atoms with Crippen LogP contribution in [0.2, 0.25) is 0 Å². The van der Waals surface area contributed by atoms with E-state index >= 15 is 0 Å². The molecule has 6 nitrogen and oxygen atoms in total. The molecule has 1 saturated carbocycles. The number of aromatic nitrogens is 4. The summed E-state index contributed by atoms with van der Waals surface area (Å²) >= 11 is 0. The molecule has 3 aliphatic rings. The van der Waals surface area contributed by atoms with Gasteiger partial charge in [0.1, 0.15) is 5.82 Å². The number of nitrogens with zero attached hydrogens (tertiary/aromatic N) is 6. The van der Waals surface area contributed by atoms with Crippen LogP contribution in [-0.2, 0) is 13.0 Å². The van der Waals surface area contributed by atoms with E-state index in [-0.39, 0.29) is 5.82 Å². The molecular weight excluding hydrogens is 403 g/mol. The van der Waals surface area contributed by atoms with Crippen LogP contribution in [0.4, 0.5) is 21.7 Å². The number of halogens is 1. The van der Waals surface area contributed by atoms with Crippen LogP contribution in [0.3, 0.4) is 0 Å². The van der Waals surface area contributed by atoms with Crippen molar-refractivity contribution in [2.24, 2.45) is 17.8 Å². The Hall–Kier alpha value is -2.96. The van der Waals surface area contributed by atoms with Gasteiger partial charge in [0.05, 0.1) is 0 Å². The van der Waals surface area contributed by atoms with Gasteiger partial charge in [-0.3, -0.25) is 4.98 Å². The van der Waals surface area contributed by atoms with Gasteiger partial charge < -0.3 is 9.80 Å². The second kappa shape index (κ2) is 7.87. The molecule has 0 spiro atoms. The first-order valence-electron chi connectivity index (χ1n) is 11.8. The summed E-state index contributed by atoms with van der Waals surface area (Å²) in [5.41, 5.74) is 3.23. The molecule has 1 aromatic carbocycles. The summed E-state index contributed by atoms with van der Waals surface area (Å²) in [6.07, 6.45) is 6.43. The third-order valence-electron chi connectivity index (χ3n) is 7.50. The fraction of sp³-hybridized carbons (Fsp3) is 0.480. The normalized spacial score (nSPS) is 24.6. The monoisotopic (exact) mass is 432 g/mol. The topological polar surface area (TPSA) is 50.1 Å². The van der Waals surface area contributed by atoms with Crippen LogP contribution in [0, 0.1) is 30.5 Å². The number of benzene rings is 1. The van der Waals surface area contributed by atoms with Crippen LogP contribution in [0.1, 0.15) is 30.8 Å². The molecule has 3 atom stereocenters. The van der Waals surface area contributed by atoms with E-state index in [2.05, 4.69) is 33.8 Å². The molecule has 4 heterocycles. The number of hydrogen-bond acceptors (Lipinski definition) is 5. The van der Waals surface area contributed by atoms with Crippen LogP contribution >= 0.6 is 0 Å². The van der Waals surface area contributed by atoms with E-state index in [1.165, 1.54) is 24.6 Å². The summed E-state index contributed by atoms with van der Waals surface area (Å²) in [6, 6.07) is 11.1. The SMILES string of the molecule is Cc1cc(N2C[C@H]3CC[C@@H](C2)C3Cc2nc3n(n2)CCCN3c2cccc(F)c2)ccn1. The van der Waals surface area contributed by atoms with Crippen molar-refractivity contribution in [1.82, 2.24) is 19.7 Å². The van der Waals surface area contributed by atoms with Crippen molar-refractivity contribution >= 4 is 17.3 Å². The Balaban J connectivity index is 1.20. The van der Waals surface area contributed by atoms with Gasteiger partial charge in [-0.2, -0.15) is 10.1 Å². The number of rotatable bonds is 4. The van der Waals surface area contributed by atoms with Crippen molar-refractivity contribution in [2.45, 2.75) is 39.2 Å². The number of fused-ring (bicyclic) bond motifs is 3. The van der Waals surface area contributed by atoms with Crippen molar-refractivity contribution in [3.8, 4) is 0 Å². The van der Waals surface area contributed by atoms with Gasteiger partial charge in [0.2, 0.25) is 5.95 Å². The zero-order chi connectivity index (χ0) is 21.7. The van der Waals surface area contributed by atoms with Gasteiger partial charge in [0.25, 0.3) is 0 Å². The Morgan fingerprint density at radius 3 is 2.66 bits per heavy atom. The van der Waals surface area contributed by atoms with E-state index in [9.17, 15) is 4.39 Å². The summed E-state index contributed by atoms with van der Waals surface area (Å²) in [5.74, 6) is 3.59. The first-order chi connectivity index (χ1) is 15.6. The Bertz CT molecular complexity index is 1110. The van der Waals surface area contributed by atoms with E-state index in [0.717, 1.165) is 62.2 Å². The Morgan fingerprint density at radius 2 is 1.88 bits per heavy atom. The molecule has 3 aromatic rings. The lowest BCUT2D eigenvalue weighted by Crippen LogP contribution is -2.42. The van der Waals surface area contributed by atoms with Crippen molar-refractivity contribution in [2.75, 3.05) is 29.4 Å². The lowest BCUT2D eigenvalue weighted by molar-refractivity contribution is 0.265. The number of pyridine rings is 1. The Labute approximate surface area is 188 Å². The Morgan fingerprint density at radius 1 is 1.03 bits per heavy atom. The average Bonchev–Trinajstić information content (AvgIpc) is 3.29. The minimum atomic E-state index is -0.216. The predicted molar refractivity (Wildman–Crippen MR) is 123 cm³/mol. The highest BCUT2D eigenvalue weighted by Gasteiger charge is 2.42. The number of piperidine rings is 1. The van der Waals surface area contributed by atoms with Gasteiger partial charge in [-0.15, -0.1) is 0 Å². The first-order valence-corrected chi connectivity index (χ1v) is 11.8. The molecule has 0 radical (unpaired) electrons. The summed E-state index contributed by atoms with van der Waals surface area (Å²) in [7, 11) is 0. The van der Waals surface area contributed by atoms with Crippen molar-refractivity contribution < 1.29 is 4.39 Å². The second-order valence-electron chi connectivity index (χ2n) is 9.56. The van der Waals surface area contributed by atoms with E-state index in [1.54, 1.807) is 12.1 Å². The fourth-order valence-corrected chi connectivity index (χ4v) is 6.00. The highest BCUT2D eigenvalue weighted by molar-refractivity contribution is 5.58. The summed E-state index contributed by atoms with van der Waals surface area (Å²) < 4.78 is 15.8. The fourth-order valence-electron chi connectivity index (χ4n) is 6.00. The molecule has 0 amide bonds. The lowest BCUT2D eigenvalue weighted by Gasteiger charge is -2.39. The van der Waals surface area contributed by atoms with E-state index in [0.29, 0.717) is 17.8 Å². The minimum Gasteiger partial charge on any atom is -0.371 e. The highest BCUT2D eigenvalue weighted by atomic mass is 19.1. The molecule has 2 aromatic heterocycles. The van der Waals surface area contributed by atoms with E-state index < -0.39 is 0 Å². The van der Waals surface area contributed by atoms with Crippen LogP contribution in [0.5, 0.6) is 0 Å². The summed E-state index contributed by atoms with van der Waals surface area (Å²) in [5, 5.41) is 4.88. The maximum Gasteiger partial charge on any atom is 0.228 e. The van der Waals surface area contributed by atoms with E-state index in [1.807, 2.05) is 16.9 Å². The van der Waals surface area contributed by atoms with Gasteiger partial charge >= 0.3 is 0 Å². The summed E-state index contributed by atoms with van der Waals surface area (Å²) in [4.78, 5) is 14.0. The zero-order valence-corrected chi connectivity index (χ0v) is 18.5. The highest BCUT2D eigenvalue weighted by Crippen LogP contribution is 2.44. The maximum absolute atomic E-state index is 13.8. The molecule has 32 heavy (non-hydrogen) atoms. The van der Waals surface area contributed by atoms with Crippen LogP contribution in [0.25, 0.3) is 0 Å². The molecule has 6 rings (SSSR count). The number of anilines is 3. The number of aryl methyl sites for hydroxylation is 2. The molecule has 1 saturated heterocycles. The lowest BCUT2D eigenvalue weighted by atomic mass is 9.82. The van der Waals surface area contributed by atoms with Crippen LogP contribution < -0.4 is 9.80 Å². The van der Waals surface area contributed by atoms with Crippen LogP contribution in [0.15, 0.2) is 42.6 Å². The second-order valence-corrected chi connectivity index (χ2v) is 9.56. The van der Waals surface area contributed by atoms with Gasteiger partial charge in [0, 0.05) is 55.9 Å². The molecular formula is C25H29FN6. The molecule has 166 valence electrons. The smallest absolute Gasteiger partial charge is 0.228 e. The molecule has 0 N–H and O–H groups in total. The van der Waals surface area contributed by atoms with Gasteiger partial charge in [-0.25, -0.2) is 9.07 Å². The third kappa shape index (κ3) is 3.53. The van der Waals surface area contributed by atoms with Crippen molar-refractivity contribution in [1.29, 1.82) is 0 Å². The molecule has 2 bridgehead atoms. The van der Waals surface area contributed by atoms with E-state index in [4.69, 9.17) is 10.1 Å². The van der Waals surface area contributed by atoms with Crippen LogP contribution in [-0.4, -0.2) is 39.4 Å². The molecule has 2 aliphatic heterocycles. The largest absolute Gasteiger partial charge is 0.371 e. The molecule has 1 unspecified atom stereocenters. The number of hydrogen-bond donors (Lipinski definition) is 0. The molecule has 1 aliphatic carbocycles. The third-order valence-corrected chi connectivity index (χ3v) is 7.50. The standard InChI is InChI=1S/C25H29FN6/c1-17-12-21(8-9-27-17)30-15-18-6-7-19(16-30)23(18)14-24-28-25-31(10-3-11-32(25)29-24)22-5-2-4-20(26)13-22/h2,4-5,8-9,12-13,18-19,23H,3,6-7,10-11,14-16H2,1H3/t18-,19+,23?. The maximum atomic E-state index is 13.8. The minimum absolute atomic E-state index is 0.216. The zero-order valence-electron chi connectivity index (χ0n) is 18.5. The first kappa shape index (κ1) is 19.7.